The third-order valence-electron chi connectivity index (χ3n) is 2.14. The third-order valence-corrected chi connectivity index (χ3v) is 3.27. The quantitative estimate of drug-likeness (QED) is 0.833. The predicted octanol–water partition coefficient (Wildman–Crippen LogP) is 2.41. The SMILES string of the molecule is CNc1c(CSC(C)C)c(C)nn1C. The van der Waals surface area contributed by atoms with Crippen LogP contribution >= 0.6 is 11.8 Å². The van der Waals surface area contributed by atoms with Gasteiger partial charge in [-0.15, -0.1) is 0 Å². The second kappa shape index (κ2) is 4.73. The Morgan fingerprint density at radius 1 is 1.50 bits per heavy atom. The van der Waals surface area contributed by atoms with Crippen LogP contribution in [-0.4, -0.2) is 22.1 Å². The molecule has 0 aliphatic carbocycles. The van der Waals surface area contributed by atoms with Crippen LogP contribution in [0.1, 0.15) is 25.1 Å². The molecule has 3 nitrogen and oxygen atoms in total. The number of nitrogens with zero attached hydrogens (tertiary/aromatic N) is 2. The van der Waals surface area contributed by atoms with Gasteiger partial charge in [-0.05, 0) is 12.2 Å². The van der Waals surface area contributed by atoms with Gasteiger partial charge in [0.15, 0.2) is 0 Å². The molecule has 1 heterocycles. The van der Waals surface area contributed by atoms with E-state index in [4.69, 9.17) is 0 Å². The van der Waals surface area contributed by atoms with Crippen LogP contribution in [-0.2, 0) is 12.8 Å². The molecule has 0 spiro atoms. The molecule has 0 saturated heterocycles. The van der Waals surface area contributed by atoms with Crippen molar-refractivity contribution in [2.75, 3.05) is 12.4 Å². The first-order valence-corrected chi connectivity index (χ1v) is 5.93. The smallest absolute Gasteiger partial charge is 0.128 e. The molecule has 0 aromatic carbocycles. The van der Waals surface area contributed by atoms with E-state index in [2.05, 4.69) is 31.2 Å². The Labute approximate surface area is 90.3 Å². The molecule has 0 unspecified atom stereocenters. The van der Waals surface area contributed by atoms with Gasteiger partial charge in [0.05, 0.1) is 5.69 Å². The number of anilines is 1. The first-order chi connectivity index (χ1) is 6.56. The van der Waals surface area contributed by atoms with Gasteiger partial charge in [0.25, 0.3) is 0 Å². The van der Waals surface area contributed by atoms with Crippen LogP contribution in [0.15, 0.2) is 0 Å². The van der Waals surface area contributed by atoms with Gasteiger partial charge in [-0.25, -0.2) is 0 Å². The number of hydrogen-bond acceptors (Lipinski definition) is 3. The Hall–Kier alpha value is -0.640. The summed E-state index contributed by atoms with van der Waals surface area (Å²) in [5, 5.41) is 8.26. The summed E-state index contributed by atoms with van der Waals surface area (Å²) in [5.41, 5.74) is 2.46. The standard InChI is InChI=1S/C10H19N3S/c1-7(2)14-6-9-8(3)12-13(5)10(9)11-4/h7,11H,6H2,1-5H3. The van der Waals surface area contributed by atoms with E-state index in [0.29, 0.717) is 5.25 Å². The fourth-order valence-corrected chi connectivity index (χ4v) is 2.28. The summed E-state index contributed by atoms with van der Waals surface area (Å²) in [5.74, 6) is 2.17. The van der Waals surface area contributed by atoms with E-state index in [1.54, 1.807) is 0 Å². The fourth-order valence-electron chi connectivity index (χ4n) is 1.44. The summed E-state index contributed by atoms with van der Waals surface area (Å²) in [6, 6.07) is 0. The first-order valence-electron chi connectivity index (χ1n) is 4.88. The highest BCUT2D eigenvalue weighted by atomic mass is 32.2. The van der Waals surface area contributed by atoms with Crippen molar-refractivity contribution in [2.45, 2.75) is 31.8 Å². The minimum Gasteiger partial charge on any atom is -0.373 e. The summed E-state index contributed by atoms with van der Waals surface area (Å²) in [7, 11) is 3.92. The molecule has 80 valence electrons. The third kappa shape index (κ3) is 2.44. The zero-order chi connectivity index (χ0) is 10.7. The summed E-state index contributed by atoms with van der Waals surface area (Å²) >= 11 is 1.95. The summed E-state index contributed by atoms with van der Waals surface area (Å²) in [6.45, 7) is 6.50. The van der Waals surface area contributed by atoms with Crippen LogP contribution in [0.25, 0.3) is 0 Å². The van der Waals surface area contributed by atoms with Crippen molar-refractivity contribution in [2.24, 2.45) is 7.05 Å². The van der Waals surface area contributed by atoms with Gasteiger partial charge in [-0.2, -0.15) is 16.9 Å². The number of rotatable bonds is 4. The Bertz CT molecular complexity index is 305. The van der Waals surface area contributed by atoms with Gasteiger partial charge in [0.1, 0.15) is 5.82 Å². The molecular weight excluding hydrogens is 194 g/mol. The maximum Gasteiger partial charge on any atom is 0.128 e. The van der Waals surface area contributed by atoms with Gasteiger partial charge in [0.2, 0.25) is 0 Å². The fraction of sp³-hybridized carbons (Fsp3) is 0.700. The molecule has 0 radical (unpaired) electrons. The van der Waals surface area contributed by atoms with E-state index in [0.717, 1.165) is 17.3 Å². The highest BCUT2D eigenvalue weighted by Gasteiger charge is 2.11. The number of aryl methyl sites for hydroxylation is 2. The Balaban J connectivity index is 2.83. The molecule has 4 heteroatoms. The number of thioether (sulfide) groups is 1. The van der Waals surface area contributed by atoms with Crippen LogP contribution in [0.5, 0.6) is 0 Å². The van der Waals surface area contributed by atoms with E-state index in [9.17, 15) is 0 Å². The average molecular weight is 213 g/mol. The zero-order valence-corrected chi connectivity index (χ0v) is 10.4. The molecule has 0 atom stereocenters. The van der Waals surface area contributed by atoms with Gasteiger partial charge >= 0.3 is 0 Å². The Morgan fingerprint density at radius 3 is 2.64 bits per heavy atom. The molecule has 0 aliphatic rings. The van der Waals surface area contributed by atoms with E-state index < -0.39 is 0 Å². The van der Waals surface area contributed by atoms with E-state index in [1.165, 1.54) is 5.56 Å². The highest BCUT2D eigenvalue weighted by molar-refractivity contribution is 7.99. The summed E-state index contributed by atoms with van der Waals surface area (Å²) in [4.78, 5) is 0. The molecule has 14 heavy (non-hydrogen) atoms. The lowest BCUT2D eigenvalue weighted by molar-refractivity contribution is 0.763. The van der Waals surface area contributed by atoms with Crippen molar-refractivity contribution in [3.05, 3.63) is 11.3 Å². The van der Waals surface area contributed by atoms with Crippen molar-refractivity contribution in [1.29, 1.82) is 0 Å². The molecule has 1 aromatic rings. The summed E-state index contributed by atoms with van der Waals surface area (Å²) < 4.78 is 1.91. The zero-order valence-electron chi connectivity index (χ0n) is 9.59. The van der Waals surface area contributed by atoms with Crippen LogP contribution in [0.2, 0.25) is 0 Å². The van der Waals surface area contributed by atoms with Gasteiger partial charge in [-0.1, -0.05) is 13.8 Å². The van der Waals surface area contributed by atoms with E-state index in [-0.39, 0.29) is 0 Å². The number of aromatic nitrogens is 2. The predicted molar refractivity (Wildman–Crippen MR) is 63.9 cm³/mol. The maximum absolute atomic E-state index is 4.40. The van der Waals surface area contributed by atoms with Gasteiger partial charge in [0, 0.05) is 25.4 Å². The number of hydrogen-bond donors (Lipinski definition) is 1. The van der Waals surface area contributed by atoms with Crippen molar-refractivity contribution in [3.8, 4) is 0 Å². The second-order valence-corrected chi connectivity index (χ2v) is 5.21. The first kappa shape index (κ1) is 11.4. The molecule has 0 aliphatic heterocycles. The highest BCUT2D eigenvalue weighted by Crippen LogP contribution is 2.25. The number of nitrogens with one attached hydrogen (secondary N) is 1. The Kier molecular flexibility index (Phi) is 3.86. The van der Waals surface area contributed by atoms with Crippen molar-refractivity contribution in [1.82, 2.24) is 9.78 Å². The summed E-state index contributed by atoms with van der Waals surface area (Å²) in [6.07, 6.45) is 0. The van der Waals surface area contributed by atoms with Crippen LogP contribution in [0.3, 0.4) is 0 Å². The Morgan fingerprint density at radius 2 is 2.14 bits per heavy atom. The largest absolute Gasteiger partial charge is 0.373 e. The van der Waals surface area contributed by atoms with E-state index >= 15 is 0 Å². The van der Waals surface area contributed by atoms with Crippen molar-refractivity contribution < 1.29 is 0 Å². The molecule has 1 aromatic heterocycles. The molecule has 0 amide bonds. The van der Waals surface area contributed by atoms with Crippen LogP contribution in [0.4, 0.5) is 5.82 Å². The average Bonchev–Trinajstić information content (AvgIpc) is 2.36. The molecule has 0 fully saturated rings. The van der Waals surface area contributed by atoms with Crippen molar-refractivity contribution in [3.63, 3.8) is 0 Å². The lowest BCUT2D eigenvalue weighted by atomic mass is 10.3. The van der Waals surface area contributed by atoms with Gasteiger partial charge < -0.3 is 5.32 Å². The van der Waals surface area contributed by atoms with Gasteiger partial charge in [-0.3, -0.25) is 4.68 Å². The van der Waals surface area contributed by atoms with Crippen LogP contribution < -0.4 is 5.32 Å². The maximum atomic E-state index is 4.40. The lowest BCUT2D eigenvalue weighted by Gasteiger charge is -2.07. The second-order valence-electron chi connectivity index (χ2n) is 3.65. The van der Waals surface area contributed by atoms with E-state index in [1.807, 2.05) is 30.5 Å². The van der Waals surface area contributed by atoms with Crippen LogP contribution in [0, 0.1) is 6.92 Å². The minimum absolute atomic E-state index is 0.666. The molecule has 0 saturated carbocycles. The topological polar surface area (TPSA) is 29.9 Å². The molecular formula is C10H19N3S. The monoisotopic (exact) mass is 213 g/mol. The molecule has 0 bridgehead atoms. The molecule has 1 rings (SSSR count). The normalized spacial score (nSPS) is 11.0. The minimum atomic E-state index is 0.666. The van der Waals surface area contributed by atoms with Crippen molar-refractivity contribution >= 4 is 17.6 Å². The molecule has 1 N–H and O–H groups in total. The lowest BCUT2D eigenvalue weighted by Crippen LogP contribution is -2.00.